The van der Waals surface area contributed by atoms with Crippen molar-refractivity contribution >= 4 is 0 Å². The number of nitrogens with one attached hydrogen (secondary N) is 1. The van der Waals surface area contributed by atoms with Gasteiger partial charge < -0.3 is 5.32 Å². The minimum Gasteiger partial charge on any atom is -0.311 e. The summed E-state index contributed by atoms with van der Waals surface area (Å²) in [7, 11) is 0. The van der Waals surface area contributed by atoms with E-state index in [0.717, 1.165) is 18.4 Å². The Kier molecular flexibility index (Phi) is 5.72. The molecule has 0 amide bonds. The Morgan fingerprint density at radius 1 is 1.29 bits per heavy atom. The average Bonchev–Trinajstić information content (AvgIpc) is 2.30. The van der Waals surface area contributed by atoms with Crippen molar-refractivity contribution in [3.8, 4) is 0 Å². The summed E-state index contributed by atoms with van der Waals surface area (Å²) < 4.78 is 0. The maximum absolute atomic E-state index is 3.81. The van der Waals surface area contributed by atoms with Gasteiger partial charge in [-0.3, -0.25) is 0 Å². The smallest absolute Gasteiger partial charge is 0.00757 e. The zero-order valence-electron chi connectivity index (χ0n) is 12.3. The summed E-state index contributed by atoms with van der Waals surface area (Å²) in [6.07, 6.45) is 9.93. The summed E-state index contributed by atoms with van der Waals surface area (Å²) in [6.45, 7) is 13.3. The molecule has 0 aromatic heterocycles. The van der Waals surface area contributed by atoms with Gasteiger partial charge in [0.25, 0.3) is 0 Å². The summed E-state index contributed by atoms with van der Waals surface area (Å²) in [5.41, 5.74) is 0.539. The van der Waals surface area contributed by atoms with E-state index in [4.69, 9.17) is 0 Å². The lowest BCUT2D eigenvalue weighted by Crippen LogP contribution is -2.40. The molecule has 0 bridgehead atoms. The van der Waals surface area contributed by atoms with Gasteiger partial charge in [0.15, 0.2) is 0 Å². The molecular formula is C16H31N. The Labute approximate surface area is 108 Å². The molecule has 1 saturated carbocycles. The molecule has 17 heavy (non-hydrogen) atoms. The van der Waals surface area contributed by atoms with Gasteiger partial charge in [0.1, 0.15) is 0 Å². The van der Waals surface area contributed by atoms with Crippen molar-refractivity contribution in [2.45, 2.75) is 78.3 Å². The summed E-state index contributed by atoms with van der Waals surface area (Å²) in [5, 5.41) is 3.74. The highest BCUT2D eigenvalue weighted by Crippen LogP contribution is 2.40. The van der Waals surface area contributed by atoms with Crippen LogP contribution in [0, 0.1) is 11.3 Å². The molecule has 1 heteroatoms. The predicted molar refractivity (Wildman–Crippen MR) is 77.2 cm³/mol. The van der Waals surface area contributed by atoms with Crippen molar-refractivity contribution in [2.24, 2.45) is 11.3 Å². The molecule has 1 aliphatic rings. The van der Waals surface area contributed by atoms with Crippen LogP contribution in [0.4, 0.5) is 0 Å². The van der Waals surface area contributed by atoms with E-state index in [1.165, 1.54) is 32.1 Å². The Bertz CT molecular complexity index is 224. The minimum absolute atomic E-state index is 0.539. The lowest BCUT2D eigenvalue weighted by Gasteiger charge is -2.39. The van der Waals surface area contributed by atoms with Gasteiger partial charge in [-0.1, -0.05) is 33.3 Å². The SMILES string of the molecule is C=CCC(C)NC1CCC(C(C)(C)CC)CC1. The summed E-state index contributed by atoms with van der Waals surface area (Å²) in [6, 6.07) is 1.34. The van der Waals surface area contributed by atoms with E-state index in [-0.39, 0.29) is 0 Å². The lowest BCUT2D eigenvalue weighted by atomic mass is 9.69. The zero-order valence-corrected chi connectivity index (χ0v) is 12.3. The molecule has 1 N–H and O–H groups in total. The van der Waals surface area contributed by atoms with Crippen LogP contribution in [0.25, 0.3) is 0 Å². The Morgan fingerprint density at radius 3 is 2.35 bits per heavy atom. The van der Waals surface area contributed by atoms with Crippen LogP contribution in [0.5, 0.6) is 0 Å². The van der Waals surface area contributed by atoms with E-state index in [1.54, 1.807) is 0 Å². The Morgan fingerprint density at radius 2 is 1.88 bits per heavy atom. The molecule has 1 unspecified atom stereocenters. The van der Waals surface area contributed by atoms with Gasteiger partial charge in [-0.15, -0.1) is 6.58 Å². The van der Waals surface area contributed by atoms with Crippen molar-refractivity contribution in [3.05, 3.63) is 12.7 Å². The second-order valence-corrected chi connectivity index (χ2v) is 6.48. The fraction of sp³-hybridized carbons (Fsp3) is 0.875. The van der Waals surface area contributed by atoms with Crippen LogP contribution >= 0.6 is 0 Å². The van der Waals surface area contributed by atoms with Crippen LogP contribution in [0.2, 0.25) is 0 Å². The molecule has 0 heterocycles. The molecule has 1 atom stereocenters. The highest BCUT2D eigenvalue weighted by Gasteiger charge is 2.31. The van der Waals surface area contributed by atoms with Crippen molar-refractivity contribution in [1.82, 2.24) is 5.32 Å². The molecule has 0 spiro atoms. The van der Waals surface area contributed by atoms with Crippen LogP contribution in [0.3, 0.4) is 0 Å². The van der Waals surface area contributed by atoms with Crippen molar-refractivity contribution in [3.63, 3.8) is 0 Å². The summed E-state index contributed by atoms with van der Waals surface area (Å²) in [5.74, 6) is 0.931. The van der Waals surface area contributed by atoms with Gasteiger partial charge in [-0.25, -0.2) is 0 Å². The van der Waals surface area contributed by atoms with Crippen molar-refractivity contribution in [2.75, 3.05) is 0 Å². The molecule has 100 valence electrons. The quantitative estimate of drug-likeness (QED) is 0.669. The number of hydrogen-bond donors (Lipinski definition) is 1. The molecular weight excluding hydrogens is 206 g/mol. The molecule has 0 radical (unpaired) electrons. The average molecular weight is 237 g/mol. The summed E-state index contributed by atoms with van der Waals surface area (Å²) >= 11 is 0. The van der Waals surface area contributed by atoms with Crippen molar-refractivity contribution < 1.29 is 0 Å². The Hall–Kier alpha value is -0.300. The molecule has 1 aliphatic carbocycles. The van der Waals surface area contributed by atoms with Gasteiger partial charge >= 0.3 is 0 Å². The fourth-order valence-electron chi connectivity index (χ4n) is 3.05. The van der Waals surface area contributed by atoms with Crippen molar-refractivity contribution in [1.29, 1.82) is 0 Å². The topological polar surface area (TPSA) is 12.0 Å². The monoisotopic (exact) mass is 237 g/mol. The van der Waals surface area contributed by atoms with Crippen LogP contribution < -0.4 is 5.32 Å². The number of hydrogen-bond acceptors (Lipinski definition) is 1. The van der Waals surface area contributed by atoms with Crippen LogP contribution in [-0.2, 0) is 0 Å². The highest BCUT2D eigenvalue weighted by molar-refractivity contribution is 4.86. The maximum atomic E-state index is 3.81. The first-order valence-electron chi connectivity index (χ1n) is 7.36. The van der Waals surface area contributed by atoms with Gasteiger partial charge in [0, 0.05) is 12.1 Å². The van der Waals surface area contributed by atoms with E-state index in [2.05, 4.69) is 39.6 Å². The van der Waals surface area contributed by atoms with E-state index in [1.807, 2.05) is 6.08 Å². The minimum atomic E-state index is 0.539. The van der Waals surface area contributed by atoms with E-state index in [9.17, 15) is 0 Å². The largest absolute Gasteiger partial charge is 0.311 e. The number of rotatable bonds is 6. The highest BCUT2D eigenvalue weighted by atomic mass is 14.9. The molecule has 0 saturated heterocycles. The summed E-state index contributed by atoms with van der Waals surface area (Å²) in [4.78, 5) is 0. The molecule has 0 aliphatic heterocycles. The first-order chi connectivity index (χ1) is 7.99. The third-order valence-corrected chi connectivity index (χ3v) is 4.78. The molecule has 1 fully saturated rings. The van der Waals surface area contributed by atoms with Gasteiger partial charge in [-0.2, -0.15) is 0 Å². The second-order valence-electron chi connectivity index (χ2n) is 6.48. The first kappa shape index (κ1) is 14.8. The maximum Gasteiger partial charge on any atom is 0.00757 e. The van der Waals surface area contributed by atoms with Gasteiger partial charge in [0.05, 0.1) is 0 Å². The van der Waals surface area contributed by atoms with Crippen LogP contribution in [0.1, 0.15) is 66.2 Å². The molecule has 0 aromatic rings. The standard InChI is InChI=1S/C16H31N/c1-6-8-13(3)17-15-11-9-14(10-12-15)16(4,5)7-2/h6,13-15,17H,1,7-12H2,2-5H3. The normalized spacial score (nSPS) is 27.8. The van der Waals surface area contributed by atoms with E-state index in [0.29, 0.717) is 11.5 Å². The Balaban J connectivity index is 2.33. The second kappa shape index (κ2) is 6.58. The third kappa shape index (κ3) is 4.46. The molecule has 1 rings (SSSR count). The predicted octanol–water partition coefficient (Wildman–Crippen LogP) is 4.54. The lowest BCUT2D eigenvalue weighted by molar-refractivity contribution is 0.134. The van der Waals surface area contributed by atoms with E-state index >= 15 is 0 Å². The van der Waals surface area contributed by atoms with Crippen LogP contribution in [-0.4, -0.2) is 12.1 Å². The fourth-order valence-corrected chi connectivity index (χ4v) is 3.05. The molecule has 0 aromatic carbocycles. The molecule has 1 nitrogen and oxygen atoms in total. The third-order valence-electron chi connectivity index (χ3n) is 4.78. The zero-order chi connectivity index (χ0) is 12.9. The van der Waals surface area contributed by atoms with Gasteiger partial charge in [0.2, 0.25) is 0 Å². The van der Waals surface area contributed by atoms with Crippen LogP contribution in [0.15, 0.2) is 12.7 Å². The first-order valence-corrected chi connectivity index (χ1v) is 7.36. The van der Waals surface area contributed by atoms with E-state index < -0.39 is 0 Å². The van der Waals surface area contributed by atoms with Gasteiger partial charge in [-0.05, 0) is 50.4 Å².